The van der Waals surface area contributed by atoms with E-state index < -0.39 is 23.5 Å². The molecule has 1 amide bonds. The molecule has 0 aliphatic heterocycles. The van der Waals surface area contributed by atoms with Crippen LogP contribution >= 0.6 is 0 Å². The largest absolute Gasteiger partial charge is 0.465 e. The Labute approximate surface area is 119 Å². The number of ether oxygens (including phenoxy) is 1. The molecule has 0 radical (unpaired) electrons. The van der Waals surface area contributed by atoms with Gasteiger partial charge < -0.3 is 10.1 Å². The van der Waals surface area contributed by atoms with E-state index in [1.165, 1.54) is 37.4 Å². The first-order chi connectivity index (χ1) is 10.0. The van der Waals surface area contributed by atoms with Gasteiger partial charge in [0.25, 0.3) is 5.91 Å². The number of carbonyl (C=O) groups is 2. The van der Waals surface area contributed by atoms with Gasteiger partial charge in [-0.3, -0.25) is 4.79 Å². The van der Waals surface area contributed by atoms with Crippen molar-refractivity contribution in [1.82, 2.24) is 0 Å². The number of anilines is 1. The lowest BCUT2D eigenvalue weighted by Gasteiger charge is -2.06. The third kappa shape index (κ3) is 3.42. The van der Waals surface area contributed by atoms with E-state index in [2.05, 4.69) is 10.1 Å². The second-order valence-electron chi connectivity index (χ2n) is 4.15. The zero-order valence-corrected chi connectivity index (χ0v) is 11.0. The van der Waals surface area contributed by atoms with Crippen molar-refractivity contribution >= 4 is 17.6 Å². The number of methoxy groups -OCH3 is 1. The summed E-state index contributed by atoms with van der Waals surface area (Å²) < 4.78 is 30.4. The summed E-state index contributed by atoms with van der Waals surface area (Å²) in [5.74, 6) is -3.19. The number of halogens is 2. The average Bonchev–Trinajstić information content (AvgIpc) is 2.50. The molecular weight excluding hydrogens is 280 g/mol. The SMILES string of the molecule is COC(=O)c1ccc(NC(=O)c2ccc(F)c(F)c2)cc1. The average molecular weight is 291 g/mol. The molecule has 21 heavy (non-hydrogen) atoms. The van der Waals surface area contributed by atoms with Crippen LogP contribution in [0, 0.1) is 11.6 Å². The normalized spacial score (nSPS) is 10.0. The molecule has 0 heterocycles. The molecule has 2 rings (SSSR count). The maximum atomic E-state index is 13.1. The molecule has 0 spiro atoms. The van der Waals surface area contributed by atoms with Gasteiger partial charge in [-0.05, 0) is 42.5 Å². The Morgan fingerprint density at radius 3 is 2.14 bits per heavy atom. The van der Waals surface area contributed by atoms with E-state index in [-0.39, 0.29) is 5.56 Å². The molecule has 0 aliphatic carbocycles. The first-order valence-corrected chi connectivity index (χ1v) is 5.96. The highest BCUT2D eigenvalue weighted by Gasteiger charge is 2.10. The standard InChI is InChI=1S/C15H11F2NO3/c1-21-15(20)9-2-5-11(6-3-9)18-14(19)10-4-7-12(16)13(17)8-10/h2-8H,1H3,(H,18,19). The minimum absolute atomic E-state index is 0.00838. The molecule has 4 nitrogen and oxygen atoms in total. The van der Waals surface area contributed by atoms with Gasteiger partial charge in [-0.25, -0.2) is 13.6 Å². The van der Waals surface area contributed by atoms with Gasteiger partial charge in [0.05, 0.1) is 12.7 Å². The summed E-state index contributed by atoms with van der Waals surface area (Å²) in [6.07, 6.45) is 0. The number of hydrogen-bond donors (Lipinski definition) is 1. The third-order valence-electron chi connectivity index (χ3n) is 2.75. The van der Waals surface area contributed by atoms with Crippen molar-refractivity contribution in [3.05, 3.63) is 65.2 Å². The van der Waals surface area contributed by atoms with Gasteiger partial charge in [0.1, 0.15) is 0 Å². The van der Waals surface area contributed by atoms with Crippen LogP contribution in [-0.4, -0.2) is 19.0 Å². The summed E-state index contributed by atoms with van der Waals surface area (Å²) in [6, 6.07) is 8.84. The zero-order chi connectivity index (χ0) is 15.4. The molecule has 0 bridgehead atoms. The maximum absolute atomic E-state index is 13.1. The summed E-state index contributed by atoms with van der Waals surface area (Å²) in [4.78, 5) is 23.1. The highest BCUT2D eigenvalue weighted by atomic mass is 19.2. The third-order valence-corrected chi connectivity index (χ3v) is 2.75. The van der Waals surface area contributed by atoms with E-state index in [1.54, 1.807) is 0 Å². The first kappa shape index (κ1) is 14.6. The number of carbonyl (C=O) groups excluding carboxylic acids is 2. The molecule has 2 aromatic rings. The molecule has 0 aromatic heterocycles. The van der Waals surface area contributed by atoms with Crippen LogP contribution in [-0.2, 0) is 4.74 Å². The molecule has 0 aliphatic rings. The molecule has 0 atom stereocenters. The van der Waals surface area contributed by atoms with Crippen LogP contribution in [0.2, 0.25) is 0 Å². The summed E-state index contributed by atoms with van der Waals surface area (Å²) in [5, 5.41) is 2.51. The Balaban J connectivity index is 2.12. The van der Waals surface area contributed by atoms with Gasteiger partial charge in [0, 0.05) is 11.3 Å². The van der Waals surface area contributed by atoms with Crippen molar-refractivity contribution < 1.29 is 23.1 Å². The molecule has 0 unspecified atom stereocenters. The topological polar surface area (TPSA) is 55.4 Å². The lowest BCUT2D eigenvalue weighted by Crippen LogP contribution is -2.12. The Hall–Kier alpha value is -2.76. The van der Waals surface area contributed by atoms with Gasteiger partial charge >= 0.3 is 5.97 Å². The highest BCUT2D eigenvalue weighted by Crippen LogP contribution is 2.14. The van der Waals surface area contributed by atoms with Crippen molar-refractivity contribution in [1.29, 1.82) is 0 Å². The highest BCUT2D eigenvalue weighted by molar-refractivity contribution is 6.04. The Kier molecular flexibility index (Phi) is 4.27. The van der Waals surface area contributed by atoms with Crippen LogP contribution < -0.4 is 5.32 Å². The molecule has 6 heteroatoms. The molecule has 1 N–H and O–H groups in total. The molecular formula is C15H11F2NO3. The predicted octanol–water partition coefficient (Wildman–Crippen LogP) is 3.00. The fraction of sp³-hybridized carbons (Fsp3) is 0.0667. The quantitative estimate of drug-likeness (QED) is 0.884. The van der Waals surface area contributed by atoms with Crippen LogP contribution in [0.5, 0.6) is 0 Å². The first-order valence-electron chi connectivity index (χ1n) is 5.96. The number of hydrogen-bond acceptors (Lipinski definition) is 3. The molecule has 2 aromatic carbocycles. The van der Waals surface area contributed by atoms with E-state index in [9.17, 15) is 18.4 Å². The lowest BCUT2D eigenvalue weighted by molar-refractivity contribution is 0.0600. The Morgan fingerprint density at radius 2 is 1.57 bits per heavy atom. The summed E-state index contributed by atoms with van der Waals surface area (Å²) in [6.45, 7) is 0. The fourth-order valence-electron chi connectivity index (χ4n) is 1.65. The zero-order valence-electron chi connectivity index (χ0n) is 11.0. The van der Waals surface area contributed by atoms with E-state index in [1.807, 2.05) is 0 Å². The van der Waals surface area contributed by atoms with Crippen molar-refractivity contribution in [3.8, 4) is 0 Å². The minimum Gasteiger partial charge on any atom is -0.465 e. The van der Waals surface area contributed by atoms with Crippen molar-refractivity contribution in [2.45, 2.75) is 0 Å². The second kappa shape index (κ2) is 6.13. The maximum Gasteiger partial charge on any atom is 0.337 e. The smallest absolute Gasteiger partial charge is 0.337 e. The molecule has 0 saturated carbocycles. The Morgan fingerprint density at radius 1 is 0.952 bits per heavy atom. The second-order valence-corrected chi connectivity index (χ2v) is 4.15. The Bertz CT molecular complexity index is 684. The monoisotopic (exact) mass is 291 g/mol. The molecule has 108 valence electrons. The van der Waals surface area contributed by atoms with E-state index in [0.29, 0.717) is 11.3 Å². The predicted molar refractivity (Wildman–Crippen MR) is 72.1 cm³/mol. The van der Waals surface area contributed by atoms with Crippen molar-refractivity contribution in [2.75, 3.05) is 12.4 Å². The van der Waals surface area contributed by atoms with Crippen LogP contribution in [0.4, 0.5) is 14.5 Å². The van der Waals surface area contributed by atoms with Gasteiger partial charge in [-0.15, -0.1) is 0 Å². The number of amides is 1. The summed E-state index contributed by atoms with van der Waals surface area (Å²) in [7, 11) is 1.26. The number of esters is 1. The lowest BCUT2D eigenvalue weighted by atomic mass is 10.1. The van der Waals surface area contributed by atoms with E-state index in [0.717, 1.165) is 12.1 Å². The van der Waals surface area contributed by atoms with Gasteiger partial charge in [-0.1, -0.05) is 0 Å². The number of rotatable bonds is 3. The number of nitrogens with one attached hydrogen (secondary N) is 1. The molecule has 0 saturated heterocycles. The minimum atomic E-state index is -1.09. The van der Waals surface area contributed by atoms with Gasteiger partial charge in [-0.2, -0.15) is 0 Å². The van der Waals surface area contributed by atoms with Crippen LogP contribution in [0.3, 0.4) is 0 Å². The number of benzene rings is 2. The van der Waals surface area contributed by atoms with Crippen LogP contribution in [0.25, 0.3) is 0 Å². The fourth-order valence-corrected chi connectivity index (χ4v) is 1.65. The van der Waals surface area contributed by atoms with Gasteiger partial charge in [0.2, 0.25) is 0 Å². The summed E-state index contributed by atoms with van der Waals surface area (Å²) >= 11 is 0. The van der Waals surface area contributed by atoms with Crippen LogP contribution in [0.1, 0.15) is 20.7 Å². The van der Waals surface area contributed by atoms with Crippen molar-refractivity contribution in [3.63, 3.8) is 0 Å². The van der Waals surface area contributed by atoms with E-state index >= 15 is 0 Å². The molecule has 0 fully saturated rings. The summed E-state index contributed by atoms with van der Waals surface area (Å²) in [5.41, 5.74) is 0.742. The van der Waals surface area contributed by atoms with E-state index in [4.69, 9.17) is 0 Å². The van der Waals surface area contributed by atoms with Crippen LogP contribution in [0.15, 0.2) is 42.5 Å². The van der Waals surface area contributed by atoms with Gasteiger partial charge in [0.15, 0.2) is 11.6 Å². The van der Waals surface area contributed by atoms with Crippen molar-refractivity contribution in [2.24, 2.45) is 0 Å².